The number of nitrogens with zero attached hydrogens (tertiary/aromatic N) is 1. The third-order valence-electron chi connectivity index (χ3n) is 1.84. The summed E-state index contributed by atoms with van der Waals surface area (Å²) in [6.07, 6.45) is 1.85. The largest absolute Gasteiger partial charge is 0.292 e. The van der Waals surface area contributed by atoms with Gasteiger partial charge in [-0.25, -0.2) is 9.37 Å². The lowest BCUT2D eigenvalue weighted by Gasteiger charge is -2.04. The Balaban J connectivity index is 2.90. The fourth-order valence-corrected chi connectivity index (χ4v) is 1.21. The fourth-order valence-electron chi connectivity index (χ4n) is 1.21. The van der Waals surface area contributed by atoms with Crippen molar-refractivity contribution in [3.05, 3.63) is 29.3 Å². The number of Topliss-reactive ketones (excluding diaryl/α,β-unsaturated/α-hetero) is 1. The molecule has 0 atom stereocenters. The van der Waals surface area contributed by atoms with Gasteiger partial charge in [-0.05, 0) is 24.5 Å². The quantitative estimate of drug-likeness (QED) is 0.694. The molecule has 0 amide bonds. The van der Waals surface area contributed by atoms with Gasteiger partial charge in [0.25, 0.3) is 0 Å². The molecule has 0 spiro atoms. The number of ketones is 1. The Morgan fingerprint density at radius 3 is 2.71 bits per heavy atom. The van der Waals surface area contributed by atoms with E-state index in [4.69, 9.17) is 0 Å². The van der Waals surface area contributed by atoms with Gasteiger partial charge >= 0.3 is 0 Å². The van der Waals surface area contributed by atoms with Crippen molar-refractivity contribution in [2.45, 2.75) is 27.2 Å². The summed E-state index contributed by atoms with van der Waals surface area (Å²) in [6.45, 7) is 5.58. The van der Waals surface area contributed by atoms with Gasteiger partial charge in [0, 0.05) is 12.6 Å². The second-order valence-electron chi connectivity index (χ2n) is 3.86. The Hall–Kier alpha value is -1.25. The molecular weight excluding hydrogens is 181 g/mol. The summed E-state index contributed by atoms with van der Waals surface area (Å²) in [5.74, 6) is -0.516. The second-order valence-corrected chi connectivity index (χ2v) is 3.86. The molecule has 76 valence electrons. The van der Waals surface area contributed by atoms with Crippen LogP contribution in [0.5, 0.6) is 0 Å². The first-order valence-electron chi connectivity index (χ1n) is 4.66. The van der Waals surface area contributed by atoms with E-state index >= 15 is 0 Å². The number of pyridine rings is 1. The Bertz CT molecular complexity index is 347. The van der Waals surface area contributed by atoms with Crippen molar-refractivity contribution in [1.29, 1.82) is 0 Å². The van der Waals surface area contributed by atoms with Crippen LogP contribution in [0.1, 0.15) is 36.3 Å². The molecule has 0 saturated heterocycles. The summed E-state index contributed by atoms with van der Waals surface area (Å²) in [5, 5.41) is 0. The Morgan fingerprint density at radius 2 is 2.21 bits per heavy atom. The number of hydrogen-bond acceptors (Lipinski definition) is 2. The molecule has 1 rings (SSSR count). The lowest BCUT2D eigenvalue weighted by molar-refractivity contribution is 0.0958. The number of aromatic nitrogens is 1. The predicted octanol–water partition coefficient (Wildman–Crippen LogP) is 2.76. The van der Waals surface area contributed by atoms with E-state index < -0.39 is 5.82 Å². The Labute approximate surface area is 83.2 Å². The first-order chi connectivity index (χ1) is 6.50. The summed E-state index contributed by atoms with van der Waals surface area (Å²) < 4.78 is 13.3. The van der Waals surface area contributed by atoms with Gasteiger partial charge in [-0.3, -0.25) is 4.79 Å². The molecule has 0 unspecified atom stereocenters. The van der Waals surface area contributed by atoms with Crippen LogP contribution in [-0.4, -0.2) is 10.8 Å². The van der Waals surface area contributed by atoms with Crippen LogP contribution < -0.4 is 0 Å². The average Bonchev–Trinajstić information content (AvgIpc) is 2.01. The van der Waals surface area contributed by atoms with Crippen molar-refractivity contribution in [2.75, 3.05) is 0 Å². The number of carbonyl (C=O) groups is 1. The van der Waals surface area contributed by atoms with E-state index in [1.807, 2.05) is 13.8 Å². The van der Waals surface area contributed by atoms with Gasteiger partial charge in [0.05, 0.1) is 0 Å². The number of carbonyl (C=O) groups excluding carboxylic acids is 1. The summed E-state index contributed by atoms with van der Waals surface area (Å²) in [5.41, 5.74) is 0.688. The van der Waals surface area contributed by atoms with E-state index in [9.17, 15) is 9.18 Å². The molecule has 0 aliphatic rings. The van der Waals surface area contributed by atoms with Gasteiger partial charge in [-0.2, -0.15) is 0 Å². The minimum Gasteiger partial charge on any atom is -0.292 e. The highest BCUT2D eigenvalue weighted by atomic mass is 19.1. The predicted molar refractivity (Wildman–Crippen MR) is 52.7 cm³/mol. The van der Waals surface area contributed by atoms with Crippen molar-refractivity contribution >= 4 is 5.78 Å². The molecule has 0 radical (unpaired) electrons. The highest BCUT2D eigenvalue weighted by molar-refractivity contribution is 5.94. The highest BCUT2D eigenvalue weighted by Crippen LogP contribution is 2.11. The molecule has 0 saturated carbocycles. The van der Waals surface area contributed by atoms with Crippen molar-refractivity contribution in [3.8, 4) is 0 Å². The van der Waals surface area contributed by atoms with Crippen molar-refractivity contribution in [2.24, 2.45) is 5.92 Å². The van der Waals surface area contributed by atoms with Gasteiger partial charge in [-0.15, -0.1) is 0 Å². The molecule has 3 heteroatoms. The lowest BCUT2D eigenvalue weighted by atomic mass is 10.0. The van der Waals surface area contributed by atoms with Gasteiger partial charge < -0.3 is 0 Å². The van der Waals surface area contributed by atoms with Crippen molar-refractivity contribution < 1.29 is 9.18 Å². The summed E-state index contributed by atoms with van der Waals surface area (Å²) in [4.78, 5) is 15.3. The highest BCUT2D eigenvalue weighted by Gasteiger charge is 2.14. The fraction of sp³-hybridized carbons (Fsp3) is 0.455. The van der Waals surface area contributed by atoms with Crippen LogP contribution in [0.3, 0.4) is 0 Å². The molecule has 1 heterocycles. The zero-order chi connectivity index (χ0) is 10.7. The molecule has 2 nitrogen and oxygen atoms in total. The molecule has 0 aliphatic carbocycles. The van der Waals surface area contributed by atoms with E-state index in [0.29, 0.717) is 6.42 Å². The van der Waals surface area contributed by atoms with Crippen LogP contribution in [0.15, 0.2) is 12.3 Å². The maximum absolute atomic E-state index is 13.3. The van der Waals surface area contributed by atoms with E-state index in [-0.39, 0.29) is 17.4 Å². The molecular formula is C11H14FNO. The van der Waals surface area contributed by atoms with E-state index in [2.05, 4.69) is 4.98 Å². The van der Waals surface area contributed by atoms with Gasteiger partial charge in [0.1, 0.15) is 5.69 Å². The molecule has 1 aromatic rings. The monoisotopic (exact) mass is 195 g/mol. The first-order valence-corrected chi connectivity index (χ1v) is 4.66. The van der Waals surface area contributed by atoms with Crippen LogP contribution in [0.2, 0.25) is 0 Å². The Kier molecular flexibility index (Phi) is 3.33. The second kappa shape index (κ2) is 4.31. The zero-order valence-electron chi connectivity index (χ0n) is 8.67. The molecule has 0 bridgehead atoms. The molecule has 0 aromatic carbocycles. The molecule has 1 aromatic heterocycles. The van der Waals surface area contributed by atoms with Crippen LogP contribution in [0.4, 0.5) is 4.39 Å². The topological polar surface area (TPSA) is 30.0 Å². The van der Waals surface area contributed by atoms with E-state index in [1.165, 1.54) is 12.3 Å². The molecule has 0 fully saturated rings. The van der Waals surface area contributed by atoms with Gasteiger partial charge in [0.2, 0.25) is 0 Å². The number of rotatable bonds is 3. The van der Waals surface area contributed by atoms with Gasteiger partial charge in [-0.1, -0.05) is 13.8 Å². The number of halogens is 1. The standard InChI is InChI=1S/C11H14FNO/c1-7(2)4-10(14)11-9(12)5-8(3)6-13-11/h5-7H,4H2,1-3H3. The van der Waals surface area contributed by atoms with Crippen molar-refractivity contribution in [1.82, 2.24) is 4.98 Å². The minimum absolute atomic E-state index is 0.0377. The van der Waals surface area contributed by atoms with Crippen LogP contribution in [0, 0.1) is 18.7 Å². The third kappa shape index (κ3) is 2.62. The van der Waals surface area contributed by atoms with Gasteiger partial charge in [0.15, 0.2) is 11.6 Å². The summed E-state index contributed by atoms with van der Waals surface area (Å²) in [6, 6.07) is 1.33. The lowest BCUT2D eigenvalue weighted by Crippen LogP contribution is -2.08. The third-order valence-corrected chi connectivity index (χ3v) is 1.84. The summed E-state index contributed by atoms with van der Waals surface area (Å²) in [7, 11) is 0. The van der Waals surface area contributed by atoms with Crippen LogP contribution in [-0.2, 0) is 0 Å². The normalized spacial score (nSPS) is 10.6. The molecule has 0 N–H and O–H groups in total. The number of aryl methyl sites for hydroxylation is 1. The molecule has 0 aliphatic heterocycles. The van der Waals surface area contributed by atoms with E-state index in [1.54, 1.807) is 6.92 Å². The molecule has 14 heavy (non-hydrogen) atoms. The maximum Gasteiger partial charge on any atom is 0.184 e. The van der Waals surface area contributed by atoms with E-state index in [0.717, 1.165) is 5.56 Å². The Morgan fingerprint density at radius 1 is 1.57 bits per heavy atom. The zero-order valence-corrected chi connectivity index (χ0v) is 8.67. The number of hydrogen-bond donors (Lipinski definition) is 0. The summed E-state index contributed by atoms with van der Waals surface area (Å²) >= 11 is 0. The van der Waals surface area contributed by atoms with Crippen LogP contribution in [0.25, 0.3) is 0 Å². The maximum atomic E-state index is 13.3. The average molecular weight is 195 g/mol. The minimum atomic E-state index is -0.518. The SMILES string of the molecule is Cc1cnc(C(=O)CC(C)C)c(F)c1. The van der Waals surface area contributed by atoms with Crippen molar-refractivity contribution in [3.63, 3.8) is 0 Å². The van der Waals surface area contributed by atoms with Crippen LogP contribution >= 0.6 is 0 Å². The first kappa shape index (κ1) is 10.8. The smallest absolute Gasteiger partial charge is 0.184 e.